The number of amides is 1. The minimum absolute atomic E-state index is 0.309. The van der Waals surface area contributed by atoms with Gasteiger partial charge in [0, 0.05) is 11.6 Å². The van der Waals surface area contributed by atoms with Crippen molar-refractivity contribution in [3.05, 3.63) is 53.6 Å². The molecular weight excluding hydrogens is 247 g/mol. The monoisotopic (exact) mass is 260 g/mol. The van der Waals surface area contributed by atoms with E-state index in [0.29, 0.717) is 11.3 Å². The van der Waals surface area contributed by atoms with E-state index in [2.05, 4.69) is 15.7 Å². The highest BCUT2D eigenvalue weighted by Crippen LogP contribution is 2.16. The van der Waals surface area contributed by atoms with Crippen LogP contribution in [0.3, 0.4) is 0 Å². The maximum atomic E-state index is 12.9. The lowest BCUT2D eigenvalue weighted by atomic mass is 10.1. The van der Waals surface area contributed by atoms with Crippen molar-refractivity contribution in [2.24, 2.45) is 5.84 Å². The molecule has 2 aromatic rings. The van der Waals surface area contributed by atoms with Crippen LogP contribution in [-0.2, 0) is 0 Å². The second-order valence-electron chi connectivity index (χ2n) is 4.02. The van der Waals surface area contributed by atoms with Crippen LogP contribution in [0.4, 0.5) is 15.8 Å². The van der Waals surface area contributed by atoms with Gasteiger partial charge in [0.05, 0.1) is 23.8 Å². The molecule has 0 aliphatic carbocycles. The highest BCUT2D eigenvalue weighted by Gasteiger charge is 2.08. The largest absolute Gasteiger partial charge is 0.324 e. The summed E-state index contributed by atoms with van der Waals surface area (Å²) in [6.45, 7) is 1.83. The highest BCUT2D eigenvalue weighted by molar-refractivity contribution is 6.04. The van der Waals surface area contributed by atoms with E-state index in [1.807, 2.05) is 6.92 Å². The third kappa shape index (κ3) is 3.05. The van der Waals surface area contributed by atoms with Gasteiger partial charge in [-0.25, -0.2) is 4.39 Å². The van der Waals surface area contributed by atoms with Crippen LogP contribution >= 0.6 is 0 Å². The Morgan fingerprint density at radius 2 is 2.11 bits per heavy atom. The zero-order valence-corrected chi connectivity index (χ0v) is 10.3. The van der Waals surface area contributed by atoms with Crippen LogP contribution in [0, 0.1) is 12.7 Å². The van der Waals surface area contributed by atoms with Crippen LogP contribution in [0.2, 0.25) is 0 Å². The molecule has 0 fully saturated rings. The number of rotatable bonds is 3. The number of aryl methyl sites for hydroxylation is 1. The lowest BCUT2D eigenvalue weighted by Gasteiger charge is -2.08. The predicted molar refractivity (Wildman–Crippen MR) is 71.1 cm³/mol. The van der Waals surface area contributed by atoms with E-state index in [4.69, 9.17) is 5.84 Å². The standard InChI is InChI=1S/C13H13FN4O/c1-8-4-9(2-3-12(8)18-15)13(19)17-11-5-10(14)6-16-7-11/h2-7,18H,15H2,1H3,(H,17,19). The average molecular weight is 260 g/mol. The van der Waals surface area contributed by atoms with Crippen molar-refractivity contribution in [3.63, 3.8) is 0 Å². The number of hydrazine groups is 1. The summed E-state index contributed by atoms with van der Waals surface area (Å²) in [7, 11) is 0. The summed E-state index contributed by atoms with van der Waals surface area (Å²) in [5.41, 5.74) is 4.88. The number of pyridine rings is 1. The van der Waals surface area contributed by atoms with Gasteiger partial charge in [-0.2, -0.15) is 0 Å². The second-order valence-corrected chi connectivity index (χ2v) is 4.02. The van der Waals surface area contributed by atoms with E-state index < -0.39 is 5.82 Å². The first-order valence-electron chi connectivity index (χ1n) is 5.59. The first-order valence-corrected chi connectivity index (χ1v) is 5.59. The molecule has 0 spiro atoms. The Balaban J connectivity index is 2.18. The number of nitrogen functional groups attached to an aromatic ring is 1. The van der Waals surface area contributed by atoms with Crippen LogP contribution in [0.25, 0.3) is 0 Å². The smallest absolute Gasteiger partial charge is 0.255 e. The summed E-state index contributed by atoms with van der Waals surface area (Å²) in [4.78, 5) is 15.6. The number of halogens is 1. The fraction of sp³-hybridized carbons (Fsp3) is 0.0769. The van der Waals surface area contributed by atoms with Gasteiger partial charge in [0.1, 0.15) is 5.82 Å². The lowest BCUT2D eigenvalue weighted by molar-refractivity contribution is 0.102. The molecule has 0 radical (unpaired) electrons. The Bertz CT molecular complexity index is 615. The van der Waals surface area contributed by atoms with Gasteiger partial charge in [-0.05, 0) is 30.7 Å². The number of hydrogen-bond acceptors (Lipinski definition) is 4. The predicted octanol–water partition coefficient (Wildman–Crippen LogP) is 2.07. The normalized spacial score (nSPS) is 10.1. The van der Waals surface area contributed by atoms with Gasteiger partial charge in [-0.3, -0.25) is 15.6 Å². The third-order valence-electron chi connectivity index (χ3n) is 2.61. The molecule has 0 bridgehead atoms. The summed E-state index contributed by atoms with van der Waals surface area (Å²) in [6.07, 6.45) is 2.45. The number of nitrogens with one attached hydrogen (secondary N) is 2. The van der Waals surface area contributed by atoms with Gasteiger partial charge in [-0.15, -0.1) is 0 Å². The van der Waals surface area contributed by atoms with Crippen molar-refractivity contribution in [3.8, 4) is 0 Å². The van der Waals surface area contributed by atoms with Gasteiger partial charge in [0.2, 0.25) is 0 Å². The number of anilines is 2. The van der Waals surface area contributed by atoms with E-state index in [1.54, 1.807) is 18.2 Å². The van der Waals surface area contributed by atoms with Gasteiger partial charge in [0.25, 0.3) is 5.91 Å². The van der Waals surface area contributed by atoms with Gasteiger partial charge in [-0.1, -0.05) is 0 Å². The van der Waals surface area contributed by atoms with Crippen molar-refractivity contribution < 1.29 is 9.18 Å². The molecule has 1 amide bonds. The van der Waals surface area contributed by atoms with Crippen molar-refractivity contribution in [1.82, 2.24) is 4.98 Å². The molecule has 1 heterocycles. The van der Waals surface area contributed by atoms with Crippen LogP contribution in [0.1, 0.15) is 15.9 Å². The van der Waals surface area contributed by atoms with E-state index in [9.17, 15) is 9.18 Å². The number of nitrogens with zero attached hydrogens (tertiary/aromatic N) is 1. The van der Waals surface area contributed by atoms with Crippen molar-refractivity contribution in [1.29, 1.82) is 0 Å². The summed E-state index contributed by atoms with van der Waals surface area (Å²) < 4.78 is 12.9. The molecule has 0 unspecified atom stereocenters. The maximum absolute atomic E-state index is 12.9. The van der Waals surface area contributed by atoms with E-state index >= 15 is 0 Å². The first kappa shape index (κ1) is 13.0. The zero-order chi connectivity index (χ0) is 13.8. The summed E-state index contributed by atoms with van der Waals surface area (Å²) in [5.74, 6) is 4.48. The summed E-state index contributed by atoms with van der Waals surface area (Å²) in [5, 5.41) is 2.57. The van der Waals surface area contributed by atoms with Crippen molar-refractivity contribution in [2.75, 3.05) is 10.7 Å². The number of carbonyl (C=O) groups is 1. The Morgan fingerprint density at radius 3 is 2.74 bits per heavy atom. The van der Waals surface area contributed by atoms with E-state index in [-0.39, 0.29) is 5.91 Å². The molecule has 5 nitrogen and oxygen atoms in total. The molecule has 0 atom stereocenters. The van der Waals surface area contributed by atoms with Crippen molar-refractivity contribution >= 4 is 17.3 Å². The van der Waals surface area contributed by atoms with Gasteiger partial charge < -0.3 is 10.7 Å². The van der Waals surface area contributed by atoms with Crippen LogP contribution in [0.15, 0.2) is 36.7 Å². The molecular formula is C13H13FN4O. The summed E-state index contributed by atoms with van der Waals surface area (Å²) in [6, 6.07) is 6.23. The molecule has 0 aliphatic heterocycles. The number of benzene rings is 1. The molecule has 6 heteroatoms. The van der Waals surface area contributed by atoms with Crippen LogP contribution in [0.5, 0.6) is 0 Å². The first-order chi connectivity index (χ1) is 9.10. The molecule has 19 heavy (non-hydrogen) atoms. The SMILES string of the molecule is Cc1cc(C(=O)Nc2cncc(F)c2)ccc1NN. The molecule has 98 valence electrons. The van der Waals surface area contributed by atoms with Gasteiger partial charge in [0.15, 0.2) is 0 Å². The fourth-order valence-corrected chi connectivity index (χ4v) is 1.65. The van der Waals surface area contributed by atoms with Crippen LogP contribution in [-0.4, -0.2) is 10.9 Å². The van der Waals surface area contributed by atoms with E-state index in [0.717, 1.165) is 17.4 Å². The number of carbonyl (C=O) groups excluding carboxylic acids is 1. The Hall–Kier alpha value is -2.47. The zero-order valence-electron chi connectivity index (χ0n) is 10.3. The van der Waals surface area contributed by atoms with E-state index in [1.165, 1.54) is 12.3 Å². The highest BCUT2D eigenvalue weighted by atomic mass is 19.1. The second kappa shape index (κ2) is 5.45. The van der Waals surface area contributed by atoms with Gasteiger partial charge >= 0.3 is 0 Å². The molecule has 2 rings (SSSR count). The average Bonchev–Trinajstić information content (AvgIpc) is 2.38. The Kier molecular flexibility index (Phi) is 3.72. The maximum Gasteiger partial charge on any atom is 0.255 e. The molecule has 1 aromatic heterocycles. The lowest BCUT2D eigenvalue weighted by Crippen LogP contribution is -2.13. The Morgan fingerprint density at radius 1 is 1.32 bits per heavy atom. The fourth-order valence-electron chi connectivity index (χ4n) is 1.65. The number of hydrogen-bond donors (Lipinski definition) is 3. The van der Waals surface area contributed by atoms with Crippen molar-refractivity contribution in [2.45, 2.75) is 6.92 Å². The molecule has 0 saturated carbocycles. The molecule has 4 N–H and O–H groups in total. The number of aromatic nitrogens is 1. The molecule has 1 aromatic carbocycles. The molecule has 0 aliphatic rings. The topological polar surface area (TPSA) is 80.0 Å². The third-order valence-corrected chi connectivity index (χ3v) is 2.61. The Labute approximate surface area is 109 Å². The minimum Gasteiger partial charge on any atom is -0.324 e. The molecule has 0 saturated heterocycles. The minimum atomic E-state index is -0.503. The summed E-state index contributed by atoms with van der Waals surface area (Å²) >= 11 is 0. The number of nitrogens with two attached hydrogens (primary N) is 1. The quantitative estimate of drug-likeness (QED) is 0.583. The van der Waals surface area contributed by atoms with Crippen LogP contribution < -0.4 is 16.6 Å².